The van der Waals surface area contributed by atoms with Crippen LogP contribution in [0.3, 0.4) is 0 Å². The Bertz CT molecular complexity index is 697. The van der Waals surface area contributed by atoms with Gasteiger partial charge in [0.2, 0.25) is 5.91 Å². The van der Waals surface area contributed by atoms with Crippen molar-refractivity contribution in [3.05, 3.63) is 33.9 Å². The average molecular weight is 359 g/mol. The number of hydrogen-bond donors (Lipinski definition) is 0. The second-order valence-corrected chi connectivity index (χ2v) is 6.25. The summed E-state index contributed by atoms with van der Waals surface area (Å²) in [6.07, 6.45) is 0.868. The summed E-state index contributed by atoms with van der Waals surface area (Å²) in [6.45, 7) is 8.75. The largest absolute Gasteiger partial charge is 0.369 e. The van der Waals surface area contributed by atoms with Crippen LogP contribution in [0.1, 0.15) is 25.8 Å². The van der Waals surface area contributed by atoms with Crippen molar-refractivity contribution in [1.82, 2.24) is 9.80 Å². The van der Waals surface area contributed by atoms with Gasteiger partial charge in [-0.15, -0.1) is 0 Å². The molecule has 26 heavy (non-hydrogen) atoms. The molecule has 2 rings (SSSR count). The first kappa shape index (κ1) is 19.7. The summed E-state index contributed by atoms with van der Waals surface area (Å²) in [7, 11) is 0. The zero-order valence-corrected chi connectivity index (χ0v) is 15.3. The van der Waals surface area contributed by atoms with E-state index < -0.39 is 4.92 Å². The first-order valence-corrected chi connectivity index (χ1v) is 8.93. The van der Waals surface area contributed by atoms with Crippen LogP contribution in [0.5, 0.6) is 0 Å². The van der Waals surface area contributed by atoms with Crippen molar-refractivity contribution in [3.8, 4) is 6.07 Å². The number of carbonyl (C=O) groups excluding carboxylic acids is 1. The van der Waals surface area contributed by atoms with Gasteiger partial charge >= 0.3 is 0 Å². The Hall–Kier alpha value is -2.66. The fraction of sp³-hybridized carbons (Fsp3) is 0.556. The maximum Gasteiger partial charge on any atom is 0.270 e. The Morgan fingerprint density at radius 2 is 2.00 bits per heavy atom. The number of non-ortho nitro benzene ring substituents is 1. The summed E-state index contributed by atoms with van der Waals surface area (Å²) in [5.74, 6) is 0.136. The minimum atomic E-state index is -0.492. The average Bonchev–Trinajstić information content (AvgIpc) is 2.87. The molecule has 0 spiro atoms. The maximum absolute atomic E-state index is 12.3. The van der Waals surface area contributed by atoms with Gasteiger partial charge in [0.05, 0.1) is 22.7 Å². The van der Waals surface area contributed by atoms with Gasteiger partial charge in [-0.05, 0) is 26.3 Å². The Balaban J connectivity index is 2.06. The van der Waals surface area contributed by atoms with Crippen molar-refractivity contribution in [2.45, 2.75) is 20.3 Å². The number of anilines is 1. The summed E-state index contributed by atoms with van der Waals surface area (Å²) in [4.78, 5) is 28.7. The number of hydrogen-bond acceptors (Lipinski definition) is 6. The van der Waals surface area contributed by atoms with Crippen LogP contribution >= 0.6 is 0 Å². The van der Waals surface area contributed by atoms with Gasteiger partial charge in [0.1, 0.15) is 6.07 Å². The number of nitriles is 1. The predicted octanol–water partition coefficient (Wildman–Crippen LogP) is 1.85. The molecule has 0 bridgehead atoms. The minimum absolute atomic E-state index is 0.0773. The van der Waals surface area contributed by atoms with Crippen molar-refractivity contribution in [3.63, 3.8) is 0 Å². The smallest absolute Gasteiger partial charge is 0.270 e. The van der Waals surface area contributed by atoms with Crippen LogP contribution in [0.2, 0.25) is 0 Å². The lowest BCUT2D eigenvalue weighted by molar-refractivity contribution is -0.384. The molecule has 1 aliphatic heterocycles. The second kappa shape index (κ2) is 9.15. The van der Waals surface area contributed by atoms with Gasteiger partial charge in [-0.1, -0.05) is 0 Å². The number of carbonyl (C=O) groups is 1. The Labute approximate surface area is 153 Å². The summed E-state index contributed by atoms with van der Waals surface area (Å²) in [5, 5.41) is 20.3. The molecule has 8 heteroatoms. The number of nitrogens with zero attached hydrogens (tertiary/aromatic N) is 5. The van der Waals surface area contributed by atoms with Crippen molar-refractivity contribution < 1.29 is 9.72 Å². The number of nitro groups is 1. The molecule has 0 unspecified atom stereocenters. The summed E-state index contributed by atoms with van der Waals surface area (Å²) in [6, 6.07) is 6.46. The van der Waals surface area contributed by atoms with E-state index in [-0.39, 0.29) is 11.6 Å². The highest BCUT2D eigenvalue weighted by Gasteiger charge is 2.21. The van der Waals surface area contributed by atoms with E-state index in [4.69, 9.17) is 0 Å². The SMILES string of the molecule is CCN(CC)C(=O)CN1CCCN(c2ccc([N+](=O)[O-])cc2C#N)CC1. The molecule has 1 heterocycles. The molecule has 0 aromatic heterocycles. The molecule has 140 valence electrons. The molecular weight excluding hydrogens is 334 g/mol. The van der Waals surface area contributed by atoms with Crippen LogP contribution < -0.4 is 4.90 Å². The Kier molecular flexibility index (Phi) is 6.92. The number of likely N-dealkylation sites (N-methyl/N-ethyl adjacent to an activating group) is 1. The van der Waals surface area contributed by atoms with Crippen LogP contribution in [-0.4, -0.2) is 66.4 Å². The van der Waals surface area contributed by atoms with Crippen molar-refractivity contribution in [2.75, 3.05) is 50.7 Å². The van der Waals surface area contributed by atoms with E-state index in [1.165, 1.54) is 12.1 Å². The third kappa shape index (κ3) is 4.70. The van der Waals surface area contributed by atoms with E-state index in [1.54, 1.807) is 6.07 Å². The molecule has 0 radical (unpaired) electrons. The van der Waals surface area contributed by atoms with Crippen molar-refractivity contribution in [2.24, 2.45) is 0 Å². The molecule has 1 amide bonds. The highest BCUT2D eigenvalue weighted by atomic mass is 16.6. The first-order valence-electron chi connectivity index (χ1n) is 8.93. The fourth-order valence-electron chi connectivity index (χ4n) is 3.24. The molecule has 0 aliphatic carbocycles. The molecule has 1 aliphatic rings. The van der Waals surface area contributed by atoms with Crippen LogP contribution in [0.25, 0.3) is 0 Å². The molecule has 0 atom stereocenters. The van der Waals surface area contributed by atoms with Crippen LogP contribution in [0.15, 0.2) is 18.2 Å². The zero-order valence-electron chi connectivity index (χ0n) is 15.3. The second-order valence-electron chi connectivity index (χ2n) is 6.25. The van der Waals surface area contributed by atoms with E-state index >= 15 is 0 Å². The summed E-state index contributed by atoms with van der Waals surface area (Å²) in [5.41, 5.74) is 0.952. The van der Waals surface area contributed by atoms with Gasteiger partial charge in [0, 0.05) is 51.4 Å². The monoisotopic (exact) mass is 359 g/mol. The third-order valence-corrected chi connectivity index (χ3v) is 4.72. The van der Waals surface area contributed by atoms with Gasteiger partial charge in [0.25, 0.3) is 5.69 Å². The number of nitro benzene ring substituents is 1. The van der Waals surface area contributed by atoms with Gasteiger partial charge in [0.15, 0.2) is 0 Å². The lowest BCUT2D eigenvalue weighted by Crippen LogP contribution is -2.41. The molecule has 0 N–H and O–H groups in total. The summed E-state index contributed by atoms with van der Waals surface area (Å²) < 4.78 is 0. The molecule has 1 aromatic rings. The van der Waals surface area contributed by atoms with Gasteiger partial charge < -0.3 is 9.80 Å². The number of rotatable bonds is 6. The predicted molar refractivity (Wildman–Crippen MR) is 99.0 cm³/mol. The van der Waals surface area contributed by atoms with E-state index in [0.717, 1.165) is 31.7 Å². The third-order valence-electron chi connectivity index (χ3n) is 4.72. The maximum atomic E-state index is 12.3. The van der Waals surface area contributed by atoms with E-state index in [2.05, 4.69) is 15.9 Å². The number of amides is 1. The molecule has 1 saturated heterocycles. The van der Waals surface area contributed by atoms with Crippen LogP contribution in [0, 0.1) is 21.4 Å². The van der Waals surface area contributed by atoms with E-state index in [9.17, 15) is 20.2 Å². The van der Waals surface area contributed by atoms with E-state index in [0.29, 0.717) is 31.7 Å². The van der Waals surface area contributed by atoms with Gasteiger partial charge in [-0.2, -0.15) is 5.26 Å². The zero-order chi connectivity index (χ0) is 19.1. The first-order chi connectivity index (χ1) is 12.5. The summed E-state index contributed by atoms with van der Waals surface area (Å²) >= 11 is 0. The normalized spacial score (nSPS) is 15.2. The van der Waals surface area contributed by atoms with Crippen LogP contribution in [-0.2, 0) is 4.79 Å². The molecule has 1 fully saturated rings. The van der Waals surface area contributed by atoms with Crippen molar-refractivity contribution in [1.29, 1.82) is 5.26 Å². The van der Waals surface area contributed by atoms with Gasteiger partial charge in [-0.25, -0.2) is 0 Å². The lowest BCUT2D eigenvalue weighted by atomic mass is 10.1. The topological polar surface area (TPSA) is 93.7 Å². The minimum Gasteiger partial charge on any atom is -0.369 e. The standard InChI is InChI=1S/C18H25N5O3/c1-3-21(4-2)18(24)14-20-8-5-9-22(11-10-20)17-7-6-16(23(25)26)12-15(17)13-19/h6-7,12H,3-5,8-11,14H2,1-2H3. The molecular formula is C18H25N5O3. The fourth-order valence-corrected chi connectivity index (χ4v) is 3.24. The van der Waals surface area contributed by atoms with E-state index in [1.807, 2.05) is 18.7 Å². The lowest BCUT2D eigenvalue weighted by Gasteiger charge is -2.26. The Morgan fingerprint density at radius 3 is 2.62 bits per heavy atom. The highest BCUT2D eigenvalue weighted by molar-refractivity contribution is 5.78. The Morgan fingerprint density at radius 1 is 1.27 bits per heavy atom. The molecule has 1 aromatic carbocycles. The van der Waals surface area contributed by atoms with Crippen LogP contribution in [0.4, 0.5) is 11.4 Å². The van der Waals surface area contributed by atoms with Gasteiger partial charge in [-0.3, -0.25) is 19.8 Å². The molecule has 8 nitrogen and oxygen atoms in total. The quantitative estimate of drug-likeness (QED) is 0.568. The van der Waals surface area contributed by atoms with Crippen molar-refractivity contribution >= 4 is 17.3 Å². The molecule has 0 saturated carbocycles. The number of benzene rings is 1. The highest BCUT2D eigenvalue weighted by Crippen LogP contribution is 2.26.